The van der Waals surface area contributed by atoms with E-state index in [0.717, 1.165) is 0 Å². The maximum atomic E-state index is 5.33. The van der Waals surface area contributed by atoms with Gasteiger partial charge in [0.2, 0.25) is 0 Å². The van der Waals surface area contributed by atoms with Crippen molar-refractivity contribution in [3.8, 4) is 11.8 Å². The van der Waals surface area contributed by atoms with E-state index in [2.05, 4.69) is 11.8 Å². The second-order valence-corrected chi connectivity index (χ2v) is 5.71. The standard InChI is InChI=1S/C6H10O2Si/c1-9(2)7-5-3-4-6-8-9/h5-6H2,1-2H3. The molecule has 0 aliphatic carbocycles. The summed E-state index contributed by atoms with van der Waals surface area (Å²) in [4.78, 5) is 0. The first-order chi connectivity index (χ1) is 4.21. The lowest BCUT2D eigenvalue weighted by Gasteiger charge is -2.17. The van der Waals surface area contributed by atoms with Crippen LogP contribution >= 0.6 is 0 Å². The first-order valence-electron chi connectivity index (χ1n) is 2.94. The van der Waals surface area contributed by atoms with Crippen LogP contribution < -0.4 is 0 Å². The van der Waals surface area contributed by atoms with Gasteiger partial charge in [0.05, 0.1) is 13.2 Å². The molecular formula is C6H10O2Si. The molecule has 0 atom stereocenters. The molecule has 1 aliphatic heterocycles. The second kappa shape index (κ2) is 2.52. The molecule has 2 nitrogen and oxygen atoms in total. The fraction of sp³-hybridized carbons (Fsp3) is 0.667. The first-order valence-corrected chi connectivity index (χ1v) is 5.76. The Kier molecular flexibility index (Phi) is 1.91. The quantitative estimate of drug-likeness (QED) is 0.367. The summed E-state index contributed by atoms with van der Waals surface area (Å²) in [5, 5.41) is 0. The number of rotatable bonds is 0. The van der Waals surface area contributed by atoms with Gasteiger partial charge >= 0.3 is 8.56 Å². The normalized spacial score (nSPS) is 23.8. The van der Waals surface area contributed by atoms with Crippen molar-refractivity contribution in [2.24, 2.45) is 0 Å². The summed E-state index contributed by atoms with van der Waals surface area (Å²) in [7, 11) is -1.77. The number of hydrogen-bond acceptors (Lipinski definition) is 2. The third-order valence-electron chi connectivity index (χ3n) is 1.11. The van der Waals surface area contributed by atoms with Crippen molar-refractivity contribution in [2.75, 3.05) is 13.2 Å². The molecular weight excluding hydrogens is 132 g/mol. The van der Waals surface area contributed by atoms with Crippen LogP contribution in [0.15, 0.2) is 0 Å². The lowest BCUT2D eigenvalue weighted by Crippen LogP contribution is -2.33. The zero-order chi connectivity index (χ0) is 6.74. The van der Waals surface area contributed by atoms with Crippen molar-refractivity contribution in [1.29, 1.82) is 0 Å². The largest absolute Gasteiger partial charge is 0.383 e. The monoisotopic (exact) mass is 142 g/mol. The van der Waals surface area contributed by atoms with Gasteiger partial charge in [-0.1, -0.05) is 11.8 Å². The Hall–Kier alpha value is -0.303. The molecule has 1 aliphatic rings. The first kappa shape index (κ1) is 6.81. The third kappa shape index (κ3) is 2.18. The molecule has 0 aromatic heterocycles. The molecule has 0 aromatic rings. The van der Waals surface area contributed by atoms with Gasteiger partial charge in [0.1, 0.15) is 0 Å². The minimum absolute atomic E-state index is 0.541. The van der Waals surface area contributed by atoms with Crippen LogP contribution in [0.5, 0.6) is 0 Å². The van der Waals surface area contributed by atoms with Gasteiger partial charge in [-0.25, -0.2) is 0 Å². The summed E-state index contributed by atoms with van der Waals surface area (Å²) >= 11 is 0. The van der Waals surface area contributed by atoms with Crippen molar-refractivity contribution in [3.05, 3.63) is 0 Å². The van der Waals surface area contributed by atoms with Gasteiger partial charge in [0.25, 0.3) is 0 Å². The summed E-state index contributed by atoms with van der Waals surface area (Å²) in [5.41, 5.74) is 0. The molecule has 9 heavy (non-hydrogen) atoms. The van der Waals surface area contributed by atoms with E-state index in [1.54, 1.807) is 0 Å². The highest BCUT2D eigenvalue weighted by Gasteiger charge is 2.24. The van der Waals surface area contributed by atoms with Crippen LogP contribution in [0.4, 0.5) is 0 Å². The van der Waals surface area contributed by atoms with E-state index in [1.165, 1.54) is 0 Å². The Balaban J connectivity index is 2.47. The molecule has 0 bridgehead atoms. The molecule has 0 saturated carbocycles. The Morgan fingerprint density at radius 3 is 2.00 bits per heavy atom. The molecule has 0 amide bonds. The summed E-state index contributed by atoms with van der Waals surface area (Å²) in [6.45, 7) is 5.11. The average molecular weight is 142 g/mol. The average Bonchev–Trinajstić information content (AvgIpc) is 1.92. The zero-order valence-corrected chi connectivity index (χ0v) is 6.73. The van der Waals surface area contributed by atoms with Crippen LogP contribution in [0.2, 0.25) is 13.1 Å². The van der Waals surface area contributed by atoms with Gasteiger partial charge in [-0.15, -0.1) is 0 Å². The van der Waals surface area contributed by atoms with Crippen LogP contribution in [0.1, 0.15) is 0 Å². The van der Waals surface area contributed by atoms with Gasteiger partial charge in [-0.3, -0.25) is 0 Å². The Morgan fingerprint density at radius 1 is 1.11 bits per heavy atom. The molecule has 0 saturated heterocycles. The topological polar surface area (TPSA) is 18.5 Å². The van der Waals surface area contributed by atoms with Gasteiger partial charge in [-0.05, 0) is 13.1 Å². The molecule has 0 radical (unpaired) electrons. The van der Waals surface area contributed by atoms with E-state index >= 15 is 0 Å². The molecule has 0 fully saturated rings. The van der Waals surface area contributed by atoms with E-state index in [1.807, 2.05) is 13.1 Å². The Morgan fingerprint density at radius 2 is 1.56 bits per heavy atom. The van der Waals surface area contributed by atoms with Crippen molar-refractivity contribution < 1.29 is 8.85 Å². The summed E-state index contributed by atoms with van der Waals surface area (Å²) in [6, 6.07) is 0. The highest BCUT2D eigenvalue weighted by Crippen LogP contribution is 2.06. The van der Waals surface area contributed by atoms with Crippen molar-refractivity contribution in [3.63, 3.8) is 0 Å². The predicted molar refractivity (Wildman–Crippen MR) is 37.2 cm³/mol. The summed E-state index contributed by atoms with van der Waals surface area (Å²) in [5.74, 6) is 5.68. The molecule has 1 rings (SSSR count). The van der Waals surface area contributed by atoms with E-state index in [-0.39, 0.29) is 0 Å². The van der Waals surface area contributed by atoms with Crippen molar-refractivity contribution in [1.82, 2.24) is 0 Å². The Bertz CT molecular complexity index is 140. The molecule has 0 unspecified atom stereocenters. The van der Waals surface area contributed by atoms with E-state index < -0.39 is 8.56 Å². The van der Waals surface area contributed by atoms with Crippen LogP contribution in [0.25, 0.3) is 0 Å². The molecule has 0 N–H and O–H groups in total. The van der Waals surface area contributed by atoms with Crippen LogP contribution in [-0.4, -0.2) is 21.8 Å². The van der Waals surface area contributed by atoms with Gasteiger partial charge in [-0.2, -0.15) is 0 Å². The van der Waals surface area contributed by atoms with Gasteiger partial charge < -0.3 is 8.85 Å². The highest BCUT2D eigenvalue weighted by atomic mass is 28.4. The molecule has 3 heteroatoms. The molecule has 0 aromatic carbocycles. The smallest absolute Gasteiger partial charge is 0.333 e. The van der Waals surface area contributed by atoms with Crippen LogP contribution in [-0.2, 0) is 8.85 Å². The summed E-state index contributed by atoms with van der Waals surface area (Å²) in [6.07, 6.45) is 0. The number of hydrogen-bond donors (Lipinski definition) is 0. The lowest BCUT2D eigenvalue weighted by molar-refractivity contribution is 0.226. The fourth-order valence-electron chi connectivity index (χ4n) is 0.563. The second-order valence-electron chi connectivity index (χ2n) is 2.33. The van der Waals surface area contributed by atoms with Gasteiger partial charge in [0, 0.05) is 0 Å². The van der Waals surface area contributed by atoms with E-state index in [9.17, 15) is 0 Å². The van der Waals surface area contributed by atoms with Crippen molar-refractivity contribution in [2.45, 2.75) is 13.1 Å². The maximum absolute atomic E-state index is 5.33. The summed E-state index contributed by atoms with van der Waals surface area (Å²) < 4.78 is 10.7. The lowest BCUT2D eigenvalue weighted by atomic mass is 10.6. The van der Waals surface area contributed by atoms with E-state index in [0.29, 0.717) is 13.2 Å². The SMILES string of the molecule is C[Si]1(C)OCC#CCO1. The predicted octanol–water partition coefficient (Wildman–Crippen LogP) is 0.738. The molecule has 0 spiro atoms. The minimum atomic E-state index is -1.77. The van der Waals surface area contributed by atoms with E-state index in [4.69, 9.17) is 8.85 Å². The maximum Gasteiger partial charge on any atom is 0.333 e. The highest BCUT2D eigenvalue weighted by molar-refractivity contribution is 6.64. The zero-order valence-electron chi connectivity index (χ0n) is 5.73. The minimum Gasteiger partial charge on any atom is -0.383 e. The van der Waals surface area contributed by atoms with Crippen molar-refractivity contribution >= 4 is 8.56 Å². The fourth-order valence-corrected chi connectivity index (χ4v) is 1.49. The molecule has 50 valence electrons. The van der Waals surface area contributed by atoms with Crippen LogP contribution in [0, 0.1) is 11.8 Å². The third-order valence-corrected chi connectivity index (χ3v) is 2.79. The molecule has 1 heterocycles. The van der Waals surface area contributed by atoms with Crippen LogP contribution in [0.3, 0.4) is 0 Å². The van der Waals surface area contributed by atoms with Gasteiger partial charge in [0.15, 0.2) is 0 Å². The Labute approximate surface area is 56.4 Å².